The topological polar surface area (TPSA) is 87.2 Å². The van der Waals surface area contributed by atoms with Crippen LogP contribution in [0.1, 0.15) is 44.9 Å². The molecule has 1 unspecified atom stereocenters. The third kappa shape index (κ3) is 3.41. The minimum Gasteiger partial charge on any atom is -0.461 e. The summed E-state index contributed by atoms with van der Waals surface area (Å²) in [7, 11) is 0. The van der Waals surface area contributed by atoms with Crippen molar-refractivity contribution >= 4 is 29.5 Å². The van der Waals surface area contributed by atoms with Gasteiger partial charge in [-0.3, -0.25) is 14.4 Å². The molecule has 174 valence electrons. The fourth-order valence-corrected chi connectivity index (χ4v) is 8.34. The molecule has 0 aromatic rings. The number of likely N-dealkylation sites (tertiary alicyclic amines) is 1. The number of carbonyl (C=O) groups is 3. The molecule has 32 heavy (non-hydrogen) atoms. The van der Waals surface area contributed by atoms with Gasteiger partial charge in [0.1, 0.15) is 12.6 Å². The number of ether oxygens (including phenoxy) is 1. The molecule has 5 aliphatic rings. The van der Waals surface area contributed by atoms with Gasteiger partial charge in [-0.15, -0.1) is 11.8 Å². The van der Waals surface area contributed by atoms with Crippen molar-refractivity contribution in [1.82, 2.24) is 9.80 Å². The zero-order valence-corrected chi connectivity index (χ0v) is 19.2. The number of rotatable bonds is 5. The quantitative estimate of drug-likeness (QED) is 0.383. The Morgan fingerprint density at radius 1 is 1.09 bits per heavy atom. The predicted octanol–water partition coefficient (Wildman–Crippen LogP) is 1.90. The van der Waals surface area contributed by atoms with E-state index in [1.807, 2.05) is 17.1 Å². The highest BCUT2D eigenvalue weighted by atomic mass is 32.2. The van der Waals surface area contributed by atoms with E-state index in [9.17, 15) is 19.5 Å². The van der Waals surface area contributed by atoms with Crippen LogP contribution in [0.4, 0.5) is 0 Å². The average Bonchev–Trinajstić information content (AvgIpc) is 3.09. The maximum atomic E-state index is 14.1. The van der Waals surface area contributed by atoms with Gasteiger partial charge < -0.3 is 19.6 Å². The number of cyclic esters (lactones) is 1. The highest BCUT2D eigenvalue weighted by molar-refractivity contribution is 8.02. The van der Waals surface area contributed by atoms with Gasteiger partial charge in [0.15, 0.2) is 0 Å². The summed E-state index contributed by atoms with van der Waals surface area (Å²) in [5, 5.41) is 9.10. The molecule has 4 aliphatic heterocycles. The van der Waals surface area contributed by atoms with Gasteiger partial charge in [-0.2, -0.15) is 0 Å². The number of aliphatic hydroxyl groups excluding tert-OH is 1. The first-order valence-electron chi connectivity index (χ1n) is 12.0. The van der Waals surface area contributed by atoms with E-state index in [4.69, 9.17) is 4.74 Å². The fraction of sp³-hybridized carbons (Fsp3) is 0.708. The Balaban J connectivity index is 1.54. The Bertz CT molecular complexity index is 838. The summed E-state index contributed by atoms with van der Waals surface area (Å²) < 4.78 is 4.64. The van der Waals surface area contributed by atoms with Crippen molar-refractivity contribution in [3.8, 4) is 0 Å². The lowest BCUT2D eigenvalue weighted by Gasteiger charge is -2.39. The summed E-state index contributed by atoms with van der Waals surface area (Å²) in [5.41, 5.74) is 0. The van der Waals surface area contributed by atoms with E-state index in [-0.39, 0.29) is 42.3 Å². The minimum absolute atomic E-state index is 0.0167. The van der Waals surface area contributed by atoms with E-state index in [1.165, 1.54) is 6.42 Å². The van der Waals surface area contributed by atoms with Crippen LogP contribution in [-0.4, -0.2) is 81.1 Å². The maximum absolute atomic E-state index is 14.1. The monoisotopic (exact) mass is 460 g/mol. The predicted molar refractivity (Wildman–Crippen MR) is 121 cm³/mol. The molecular formula is C24H32N2O5S. The molecule has 0 radical (unpaired) electrons. The molecule has 8 heteroatoms. The molecular weight excluding hydrogens is 428 g/mol. The summed E-state index contributed by atoms with van der Waals surface area (Å²) in [4.78, 5) is 44.5. The highest BCUT2D eigenvalue weighted by Gasteiger charge is 2.71. The fourth-order valence-electron chi connectivity index (χ4n) is 6.34. The number of unbranched alkanes of at least 4 members (excludes halogenated alkanes) is 1. The number of hydrogen-bond donors (Lipinski definition) is 1. The van der Waals surface area contributed by atoms with Crippen LogP contribution in [0, 0.1) is 11.8 Å². The molecule has 0 aromatic carbocycles. The van der Waals surface area contributed by atoms with Gasteiger partial charge in [0, 0.05) is 31.0 Å². The average molecular weight is 461 g/mol. The van der Waals surface area contributed by atoms with Crippen molar-refractivity contribution in [2.75, 3.05) is 26.3 Å². The largest absolute Gasteiger partial charge is 0.461 e. The summed E-state index contributed by atoms with van der Waals surface area (Å²) in [6.45, 7) is 1.26. The van der Waals surface area contributed by atoms with E-state index < -0.39 is 22.6 Å². The van der Waals surface area contributed by atoms with Crippen LogP contribution in [0.5, 0.6) is 0 Å². The molecule has 5 atom stereocenters. The van der Waals surface area contributed by atoms with Crippen molar-refractivity contribution in [3.05, 3.63) is 24.3 Å². The zero-order chi connectivity index (χ0) is 22.3. The van der Waals surface area contributed by atoms with Gasteiger partial charge >= 0.3 is 5.97 Å². The van der Waals surface area contributed by atoms with Crippen molar-refractivity contribution < 1.29 is 24.2 Å². The number of amides is 2. The third-order valence-corrected chi connectivity index (χ3v) is 9.51. The molecule has 4 heterocycles. The second-order valence-corrected chi connectivity index (χ2v) is 11.0. The summed E-state index contributed by atoms with van der Waals surface area (Å²) in [6, 6.07) is -0.399. The lowest BCUT2D eigenvalue weighted by molar-refractivity contribution is -0.151. The van der Waals surface area contributed by atoms with E-state index >= 15 is 0 Å². The smallest absolute Gasteiger partial charge is 0.311 e. The van der Waals surface area contributed by atoms with Crippen LogP contribution in [0.25, 0.3) is 0 Å². The lowest BCUT2D eigenvalue weighted by atomic mass is 9.78. The van der Waals surface area contributed by atoms with Gasteiger partial charge in [-0.25, -0.2) is 0 Å². The number of thioether (sulfide) groups is 1. The van der Waals surface area contributed by atoms with Crippen LogP contribution >= 0.6 is 11.8 Å². The van der Waals surface area contributed by atoms with E-state index in [2.05, 4.69) is 12.2 Å². The Hall–Kier alpha value is -1.80. The third-order valence-electron chi connectivity index (χ3n) is 7.77. The molecule has 2 saturated heterocycles. The molecule has 7 nitrogen and oxygen atoms in total. The van der Waals surface area contributed by atoms with Gasteiger partial charge in [0.2, 0.25) is 11.8 Å². The molecule has 1 N–H and O–H groups in total. The summed E-state index contributed by atoms with van der Waals surface area (Å²) in [5.74, 6) is -1.62. The van der Waals surface area contributed by atoms with Crippen molar-refractivity contribution in [1.29, 1.82) is 0 Å². The van der Waals surface area contributed by atoms with Crippen LogP contribution < -0.4 is 0 Å². The number of esters is 1. The Morgan fingerprint density at radius 3 is 2.69 bits per heavy atom. The van der Waals surface area contributed by atoms with E-state index in [0.717, 1.165) is 25.7 Å². The van der Waals surface area contributed by atoms with Crippen molar-refractivity contribution in [2.45, 2.75) is 67.0 Å². The first kappa shape index (κ1) is 22.0. The van der Waals surface area contributed by atoms with E-state index in [1.54, 1.807) is 16.7 Å². The van der Waals surface area contributed by atoms with Gasteiger partial charge in [0.05, 0.1) is 16.6 Å². The van der Waals surface area contributed by atoms with Crippen LogP contribution in [-0.2, 0) is 19.1 Å². The SMILES string of the molecule is O=C1OCC=C[C@@H]2S[C@]34C=CCN(C5CCCCC5)C(=O)C3N(CCCCO)C(=O)[C@@H]4[C@H]12. The van der Waals surface area contributed by atoms with Crippen LogP contribution in [0.2, 0.25) is 0 Å². The second-order valence-electron chi connectivity index (χ2n) is 9.55. The van der Waals surface area contributed by atoms with Crippen molar-refractivity contribution in [2.24, 2.45) is 11.8 Å². The first-order valence-corrected chi connectivity index (χ1v) is 12.9. The second kappa shape index (κ2) is 8.86. The number of hydrogen-bond acceptors (Lipinski definition) is 6. The highest BCUT2D eigenvalue weighted by Crippen LogP contribution is 2.61. The number of aliphatic hydroxyl groups is 1. The number of nitrogens with zero attached hydrogens (tertiary/aromatic N) is 2. The summed E-state index contributed by atoms with van der Waals surface area (Å²) >= 11 is 1.59. The Kier molecular flexibility index (Phi) is 6.09. The molecule has 3 fully saturated rings. The molecule has 0 bridgehead atoms. The Morgan fingerprint density at radius 2 is 1.91 bits per heavy atom. The molecule has 1 aliphatic carbocycles. The normalized spacial score (nSPS) is 37.1. The zero-order valence-electron chi connectivity index (χ0n) is 18.4. The maximum Gasteiger partial charge on any atom is 0.311 e. The molecule has 5 rings (SSSR count). The molecule has 1 spiro atoms. The van der Waals surface area contributed by atoms with Gasteiger partial charge in [-0.1, -0.05) is 43.6 Å². The standard InChI is InChI=1S/C24H32N2O5S/c27-14-5-4-12-26-20-22(29)25(16-8-2-1-3-9-16)13-7-11-24(20)19(21(26)28)18-17(32-24)10-6-15-31-23(18)30/h6-7,10-11,16-20,27H,1-5,8-9,12-15H2/t17-,18+,19-,20?,24-/m0/s1. The Labute approximate surface area is 193 Å². The lowest BCUT2D eigenvalue weighted by Crippen LogP contribution is -2.55. The van der Waals surface area contributed by atoms with Crippen molar-refractivity contribution in [3.63, 3.8) is 0 Å². The van der Waals surface area contributed by atoms with E-state index in [0.29, 0.717) is 25.9 Å². The molecule has 2 amide bonds. The molecule has 1 saturated carbocycles. The minimum atomic E-state index is -0.757. The van der Waals surface area contributed by atoms with Crippen LogP contribution in [0.3, 0.4) is 0 Å². The van der Waals surface area contributed by atoms with Crippen LogP contribution in [0.15, 0.2) is 24.3 Å². The molecule has 0 aromatic heterocycles. The van der Waals surface area contributed by atoms with Gasteiger partial charge in [0.25, 0.3) is 0 Å². The summed E-state index contributed by atoms with van der Waals surface area (Å²) in [6.07, 6.45) is 14.6. The number of fused-ring (bicyclic) bond motifs is 2. The first-order chi connectivity index (χ1) is 15.6. The number of carbonyl (C=O) groups excluding carboxylic acids is 3. The van der Waals surface area contributed by atoms with Gasteiger partial charge in [-0.05, 0) is 25.7 Å².